The predicted octanol–water partition coefficient (Wildman–Crippen LogP) is 0.860. The number of Topliss-reactive ketones (excluding diaryl/α,β-unsaturated/α-hetero) is 3. The first-order valence-electron chi connectivity index (χ1n) is 12.1. The van der Waals surface area contributed by atoms with Gasteiger partial charge in [-0.05, 0) is 19.3 Å². The first-order chi connectivity index (χ1) is 17.4. The lowest BCUT2D eigenvalue weighted by molar-refractivity contribution is -0.149. The Balaban J connectivity index is 3.92. The van der Waals surface area contributed by atoms with E-state index in [4.69, 9.17) is 19.7 Å². The number of amides is 1. The number of carbonyl (C=O) groups excluding carboxylic acids is 4. The highest BCUT2D eigenvalue weighted by Gasteiger charge is 2.22. The Hall–Kier alpha value is -3.19. The molecule has 13 heteroatoms. The Kier molecular flexibility index (Phi) is 18.2. The van der Waals surface area contributed by atoms with E-state index in [1.807, 2.05) is 0 Å². The van der Waals surface area contributed by atoms with Gasteiger partial charge in [0.05, 0.1) is 31.7 Å². The van der Waals surface area contributed by atoms with Crippen LogP contribution in [-0.2, 0) is 43.0 Å². The molecule has 0 aromatic heterocycles. The molecule has 0 saturated carbocycles. The van der Waals surface area contributed by atoms with Gasteiger partial charge in [-0.3, -0.25) is 28.8 Å². The van der Waals surface area contributed by atoms with Crippen molar-refractivity contribution in [3.8, 4) is 0 Å². The molecule has 0 saturated heterocycles. The van der Waals surface area contributed by atoms with Gasteiger partial charge in [-0.25, -0.2) is 4.79 Å². The molecule has 0 aliphatic carbocycles. The monoisotopic (exact) mass is 531 g/mol. The van der Waals surface area contributed by atoms with Gasteiger partial charge < -0.3 is 30.1 Å². The van der Waals surface area contributed by atoms with Crippen molar-refractivity contribution in [1.82, 2.24) is 5.32 Å². The number of carbonyl (C=O) groups is 7. The van der Waals surface area contributed by atoms with E-state index in [9.17, 15) is 38.7 Å². The average Bonchev–Trinajstić information content (AvgIpc) is 2.82. The molecule has 2 atom stereocenters. The molecule has 13 nitrogen and oxygen atoms in total. The molecule has 2 unspecified atom stereocenters. The van der Waals surface area contributed by atoms with Crippen LogP contribution in [0.3, 0.4) is 0 Å². The van der Waals surface area contributed by atoms with Crippen molar-refractivity contribution in [2.45, 2.75) is 64.7 Å². The summed E-state index contributed by atoms with van der Waals surface area (Å²) in [6.07, 6.45) is 0.832. The fourth-order valence-electron chi connectivity index (χ4n) is 3.13. The van der Waals surface area contributed by atoms with Crippen molar-refractivity contribution >= 4 is 41.2 Å². The molecule has 0 fully saturated rings. The number of ether oxygens (including phenoxy) is 2. The normalized spacial score (nSPS) is 12.4. The Morgan fingerprint density at radius 2 is 1.38 bits per heavy atom. The van der Waals surface area contributed by atoms with Crippen LogP contribution in [0.5, 0.6) is 0 Å². The lowest BCUT2D eigenvalue weighted by Crippen LogP contribution is -2.29. The first kappa shape index (κ1) is 33.8. The minimum Gasteiger partial charge on any atom is -0.481 e. The third kappa shape index (κ3) is 18.7. The second kappa shape index (κ2) is 19.9. The summed E-state index contributed by atoms with van der Waals surface area (Å²) in [6, 6.07) is 0. The molecule has 4 N–H and O–H groups in total. The van der Waals surface area contributed by atoms with E-state index in [1.165, 1.54) is 6.92 Å². The summed E-state index contributed by atoms with van der Waals surface area (Å²) in [5.41, 5.74) is 0. The predicted molar refractivity (Wildman–Crippen MR) is 127 cm³/mol. The zero-order valence-corrected chi connectivity index (χ0v) is 21.1. The third-order valence-corrected chi connectivity index (χ3v) is 5.30. The van der Waals surface area contributed by atoms with Crippen LogP contribution in [0.4, 0.5) is 0 Å². The van der Waals surface area contributed by atoms with Gasteiger partial charge in [0.2, 0.25) is 11.7 Å². The standard InChI is InChI=1S/C24H37NO12/c1-16(22(30)31)13-19(27)15-37-12-11-36-10-9-25-21(29)8-7-17(23(32)33)14-18(26)5-3-2-4-6-20(28)24(34)35/h16-17H,2-15H2,1H3,(H,25,29)(H,30,31)(H,32,33)(H,34,35). The van der Waals surface area contributed by atoms with Gasteiger partial charge in [0.15, 0.2) is 5.78 Å². The van der Waals surface area contributed by atoms with Crippen molar-refractivity contribution in [3.63, 3.8) is 0 Å². The highest BCUT2D eigenvalue weighted by atomic mass is 16.5. The number of ketones is 3. The molecule has 0 heterocycles. The number of hydrogen-bond donors (Lipinski definition) is 4. The quantitative estimate of drug-likeness (QED) is 0.101. The number of carboxylic acids is 3. The number of unbranched alkanes of at least 4 members (excludes halogenated alkanes) is 2. The fourth-order valence-corrected chi connectivity index (χ4v) is 3.13. The number of hydrogen-bond acceptors (Lipinski definition) is 9. The maximum absolute atomic E-state index is 12.0. The summed E-state index contributed by atoms with van der Waals surface area (Å²) >= 11 is 0. The molecule has 37 heavy (non-hydrogen) atoms. The fraction of sp³-hybridized carbons (Fsp3) is 0.708. The van der Waals surface area contributed by atoms with Crippen molar-refractivity contribution < 1.29 is 58.4 Å². The van der Waals surface area contributed by atoms with Gasteiger partial charge in [0, 0.05) is 38.6 Å². The van der Waals surface area contributed by atoms with Crippen LogP contribution in [0.1, 0.15) is 64.7 Å². The van der Waals surface area contributed by atoms with Crippen molar-refractivity contribution in [2.24, 2.45) is 11.8 Å². The van der Waals surface area contributed by atoms with Crippen LogP contribution < -0.4 is 5.32 Å². The Labute approximate surface area is 214 Å². The second-order valence-corrected chi connectivity index (χ2v) is 8.60. The van der Waals surface area contributed by atoms with Crippen LogP contribution in [0.2, 0.25) is 0 Å². The molecule has 0 rings (SSSR count). The Bertz CT molecular complexity index is 795. The number of aliphatic carboxylic acids is 3. The topological polar surface area (TPSA) is 211 Å². The van der Waals surface area contributed by atoms with Crippen LogP contribution >= 0.6 is 0 Å². The van der Waals surface area contributed by atoms with Crippen molar-refractivity contribution in [1.29, 1.82) is 0 Å². The van der Waals surface area contributed by atoms with E-state index in [-0.39, 0.29) is 89.0 Å². The molecule has 210 valence electrons. The van der Waals surface area contributed by atoms with Crippen LogP contribution in [0, 0.1) is 11.8 Å². The molecule has 0 aromatic rings. The van der Waals surface area contributed by atoms with Gasteiger partial charge in [0.1, 0.15) is 12.4 Å². The van der Waals surface area contributed by atoms with E-state index in [0.717, 1.165) is 0 Å². The summed E-state index contributed by atoms with van der Waals surface area (Å²) in [6.45, 7) is 1.85. The van der Waals surface area contributed by atoms with Crippen LogP contribution in [-0.4, -0.2) is 89.5 Å². The number of nitrogens with one attached hydrogen (secondary N) is 1. The molecular weight excluding hydrogens is 494 g/mol. The van der Waals surface area contributed by atoms with Crippen molar-refractivity contribution in [3.05, 3.63) is 0 Å². The Morgan fingerprint density at radius 1 is 0.730 bits per heavy atom. The van der Waals surface area contributed by atoms with E-state index < -0.39 is 35.5 Å². The molecular formula is C24H37NO12. The zero-order valence-electron chi connectivity index (χ0n) is 21.1. The number of carboxylic acid groups (broad SMARTS) is 3. The van der Waals surface area contributed by atoms with E-state index >= 15 is 0 Å². The minimum absolute atomic E-state index is 0.0107. The summed E-state index contributed by atoms with van der Waals surface area (Å²) in [4.78, 5) is 79.0. The summed E-state index contributed by atoms with van der Waals surface area (Å²) in [7, 11) is 0. The maximum Gasteiger partial charge on any atom is 0.372 e. The van der Waals surface area contributed by atoms with E-state index in [0.29, 0.717) is 19.3 Å². The molecule has 0 aromatic carbocycles. The second-order valence-electron chi connectivity index (χ2n) is 8.60. The van der Waals surface area contributed by atoms with E-state index in [2.05, 4.69) is 5.32 Å². The lowest BCUT2D eigenvalue weighted by Gasteiger charge is -2.12. The van der Waals surface area contributed by atoms with Gasteiger partial charge >= 0.3 is 17.9 Å². The Morgan fingerprint density at radius 3 is 2.00 bits per heavy atom. The maximum atomic E-state index is 12.0. The first-order valence-corrected chi connectivity index (χ1v) is 12.1. The van der Waals surface area contributed by atoms with Crippen LogP contribution in [0.15, 0.2) is 0 Å². The molecule has 1 amide bonds. The minimum atomic E-state index is -1.49. The third-order valence-electron chi connectivity index (χ3n) is 5.30. The highest BCUT2D eigenvalue weighted by molar-refractivity contribution is 6.32. The summed E-state index contributed by atoms with van der Waals surface area (Å²) in [5, 5.41) is 29.1. The summed E-state index contributed by atoms with van der Waals surface area (Å²) < 4.78 is 10.4. The largest absolute Gasteiger partial charge is 0.481 e. The lowest BCUT2D eigenvalue weighted by atomic mass is 9.94. The highest BCUT2D eigenvalue weighted by Crippen LogP contribution is 2.15. The zero-order chi connectivity index (χ0) is 28.2. The average molecular weight is 532 g/mol. The molecule has 0 radical (unpaired) electrons. The molecule has 0 bridgehead atoms. The number of rotatable bonds is 24. The van der Waals surface area contributed by atoms with Crippen LogP contribution in [0.25, 0.3) is 0 Å². The molecule has 0 aliphatic heterocycles. The van der Waals surface area contributed by atoms with Gasteiger partial charge in [-0.1, -0.05) is 13.3 Å². The van der Waals surface area contributed by atoms with Gasteiger partial charge in [-0.15, -0.1) is 0 Å². The molecule has 0 spiro atoms. The summed E-state index contributed by atoms with van der Waals surface area (Å²) in [5.74, 6) is -7.36. The van der Waals surface area contributed by atoms with Gasteiger partial charge in [0.25, 0.3) is 0 Å². The van der Waals surface area contributed by atoms with E-state index in [1.54, 1.807) is 0 Å². The SMILES string of the molecule is CC(CC(=O)COCCOCCNC(=O)CCC(CC(=O)CCCCCC(=O)C(=O)O)C(=O)O)C(=O)O. The van der Waals surface area contributed by atoms with Crippen molar-refractivity contribution in [2.75, 3.05) is 33.0 Å². The van der Waals surface area contributed by atoms with Gasteiger partial charge in [-0.2, -0.15) is 0 Å². The molecule has 0 aliphatic rings. The smallest absolute Gasteiger partial charge is 0.372 e.